The molecule has 142 valence electrons. The Labute approximate surface area is 164 Å². The van der Waals surface area contributed by atoms with Crippen LogP contribution in [0.3, 0.4) is 0 Å². The molecule has 2 aromatic carbocycles. The normalized spacial score (nSPS) is 16.9. The van der Waals surface area contributed by atoms with Crippen molar-refractivity contribution < 1.29 is 14.3 Å². The van der Waals surface area contributed by atoms with E-state index in [0.717, 1.165) is 23.3 Å². The van der Waals surface area contributed by atoms with Crippen LogP contribution < -0.4 is 10.1 Å². The summed E-state index contributed by atoms with van der Waals surface area (Å²) in [5.74, 6) is -0.235. The largest absolute Gasteiger partial charge is 0.496 e. The molecule has 2 amide bonds. The topological polar surface area (TPSA) is 58.6 Å². The Hall–Kier alpha value is -2.53. The minimum Gasteiger partial charge on any atom is -0.496 e. The number of para-hydroxylation sites is 1. The number of amides is 2. The van der Waals surface area contributed by atoms with Gasteiger partial charge >= 0.3 is 0 Å². The highest BCUT2D eigenvalue weighted by Crippen LogP contribution is 2.24. The summed E-state index contributed by atoms with van der Waals surface area (Å²) in [5, 5.41) is 3.52. The number of ether oxygens (including phenoxy) is 1. The van der Waals surface area contributed by atoms with Gasteiger partial charge in [-0.05, 0) is 36.6 Å². The van der Waals surface area contributed by atoms with Crippen LogP contribution in [0.1, 0.15) is 24.0 Å². The van der Waals surface area contributed by atoms with Crippen LogP contribution in [-0.2, 0) is 22.7 Å². The second kappa shape index (κ2) is 8.91. The van der Waals surface area contributed by atoms with Gasteiger partial charge in [0.2, 0.25) is 11.8 Å². The number of rotatable bonds is 6. The number of halogens is 1. The lowest BCUT2D eigenvalue weighted by molar-refractivity contribution is -0.145. The Morgan fingerprint density at radius 2 is 1.96 bits per heavy atom. The van der Waals surface area contributed by atoms with E-state index in [4.69, 9.17) is 16.3 Å². The maximum absolute atomic E-state index is 12.8. The number of hydrogen-bond acceptors (Lipinski definition) is 3. The van der Waals surface area contributed by atoms with Gasteiger partial charge in [-0.15, -0.1) is 0 Å². The Morgan fingerprint density at radius 3 is 2.70 bits per heavy atom. The number of piperidine rings is 1. The molecule has 1 aliphatic heterocycles. The maximum atomic E-state index is 12.8. The molecular weight excluding hydrogens is 364 g/mol. The Kier molecular flexibility index (Phi) is 6.35. The molecule has 5 nitrogen and oxygen atoms in total. The SMILES string of the molecule is COc1ccccc1CN1CCCC(C(=O)NCc2ccc(Cl)cc2)C1=O. The molecule has 0 saturated carbocycles. The molecule has 1 N–H and O–H groups in total. The number of methoxy groups -OCH3 is 1. The summed E-state index contributed by atoms with van der Waals surface area (Å²) in [6.07, 6.45) is 1.38. The van der Waals surface area contributed by atoms with Crippen LogP contribution >= 0.6 is 11.6 Å². The third kappa shape index (κ3) is 4.80. The van der Waals surface area contributed by atoms with Crippen LogP contribution in [0.25, 0.3) is 0 Å². The molecule has 2 aromatic rings. The van der Waals surface area contributed by atoms with Crippen molar-refractivity contribution in [3.8, 4) is 5.75 Å². The predicted molar refractivity (Wildman–Crippen MR) is 104 cm³/mol. The molecule has 1 saturated heterocycles. The Morgan fingerprint density at radius 1 is 1.22 bits per heavy atom. The van der Waals surface area contributed by atoms with Gasteiger partial charge in [0.1, 0.15) is 11.7 Å². The van der Waals surface area contributed by atoms with Crippen LogP contribution in [0.4, 0.5) is 0 Å². The Bertz CT molecular complexity index is 807. The molecule has 0 radical (unpaired) electrons. The van der Waals surface area contributed by atoms with E-state index in [-0.39, 0.29) is 11.8 Å². The van der Waals surface area contributed by atoms with E-state index < -0.39 is 5.92 Å². The van der Waals surface area contributed by atoms with Gasteiger partial charge < -0.3 is 15.0 Å². The van der Waals surface area contributed by atoms with Crippen molar-refractivity contribution >= 4 is 23.4 Å². The number of likely N-dealkylation sites (tertiary alicyclic amines) is 1. The minimum atomic E-state index is -0.638. The number of hydrogen-bond donors (Lipinski definition) is 1. The van der Waals surface area contributed by atoms with Gasteiger partial charge in [-0.25, -0.2) is 0 Å². The molecule has 27 heavy (non-hydrogen) atoms. The molecule has 1 aliphatic rings. The van der Waals surface area contributed by atoms with Gasteiger partial charge in [0, 0.05) is 30.2 Å². The minimum absolute atomic E-state index is 0.124. The second-order valence-electron chi connectivity index (χ2n) is 6.61. The molecule has 0 aromatic heterocycles. The smallest absolute Gasteiger partial charge is 0.235 e. The summed E-state index contributed by atoms with van der Waals surface area (Å²) >= 11 is 5.87. The molecule has 0 aliphatic carbocycles. The second-order valence-corrected chi connectivity index (χ2v) is 7.05. The van der Waals surface area contributed by atoms with Crippen molar-refractivity contribution in [2.75, 3.05) is 13.7 Å². The monoisotopic (exact) mass is 386 g/mol. The zero-order valence-corrected chi connectivity index (χ0v) is 16.0. The van der Waals surface area contributed by atoms with E-state index in [0.29, 0.717) is 31.1 Å². The highest BCUT2D eigenvalue weighted by Gasteiger charge is 2.34. The van der Waals surface area contributed by atoms with Gasteiger partial charge in [0.25, 0.3) is 0 Å². The van der Waals surface area contributed by atoms with Crippen LogP contribution in [-0.4, -0.2) is 30.4 Å². The van der Waals surface area contributed by atoms with Crippen molar-refractivity contribution in [3.63, 3.8) is 0 Å². The summed E-state index contributed by atoms with van der Waals surface area (Å²) in [7, 11) is 1.61. The maximum Gasteiger partial charge on any atom is 0.235 e. The molecular formula is C21H23ClN2O3. The fourth-order valence-corrected chi connectivity index (χ4v) is 3.42. The zero-order chi connectivity index (χ0) is 19.2. The summed E-state index contributed by atoms with van der Waals surface area (Å²) < 4.78 is 5.37. The average molecular weight is 387 g/mol. The predicted octanol–water partition coefficient (Wildman–Crippen LogP) is 3.40. The highest BCUT2D eigenvalue weighted by molar-refractivity contribution is 6.30. The Balaban J connectivity index is 1.61. The van der Waals surface area contributed by atoms with Crippen LogP contribution in [0, 0.1) is 5.92 Å². The van der Waals surface area contributed by atoms with Gasteiger partial charge in [0.15, 0.2) is 0 Å². The number of carbonyl (C=O) groups excluding carboxylic acids is 2. The van der Waals surface area contributed by atoms with Crippen LogP contribution in [0.2, 0.25) is 5.02 Å². The van der Waals surface area contributed by atoms with E-state index >= 15 is 0 Å². The lowest BCUT2D eigenvalue weighted by Gasteiger charge is -2.32. The van der Waals surface area contributed by atoms with Gasteiger partial charge in [-0.1, -0.05) is 41.9 Å². The van der Waals surface area contributed by atoms with Gasteiger partial charge in [-0.2, -0.15) is 0 Å². The fraction of sp³-hybridized carbons (Fsp3) is 0.333. The summed E-state index contributed by atoms with van der Waals surface area (Å²) in [5.41, 5.74) is 1.89. The first kappa shape index (κ1) is 19.2. The van der Waals surface area contributed by atoms with Crippen molar-refractivity contribution in [3.05, 3.63) is 64.7 Å². The molecule has 0 spiro atoms. The number of nitrogens with zero attached hydrogens (tertiary/aromatic N) is 1. The lowest BCUT2D eigenvalue weighted by Crippen LogP contribution is -2.47. The van der Waals surface area contributed by atoms with E-state index in [2.05, 4.69) is 5.32 Å². The summed E-state index contributed by atoms with van der Waals surface area (Å²) in [6.45, 7) is 1.48. The third-order valence-corrected chi connectivity index (χ3v) is 5.03. The molecule has 1 unspecified atom stereocenters. The van der Waals surface area contributed by atoms with Crippen molar-refractivity contribution in [2.24, 2.45) is 5.92 Å². The summed E-state index contributed by atoms with van der Waals surface area (Å²) in [4.78, 5) is 27.1. The first-order valence-electron chi connectivity index (χ1n) is 9.01. The van der Waals surface area contributed by atoms with Crippen molar-refractivity contribution in [1.29, 1.82) is 0 Å². The molecule has 0 bridgehead atoms. The first-order chi connectivity index (χ1) is 13.1. The number of nitrogens with one attached hydrogen (secondary N) is 1. The first-order valence-corrected chi connectivity index (χ1v) is 9.39. The van der Waals surface area contributed by atoms with E-state index in [9.17, 15) is 9.59 Å². The van der Waals surface area contributed by atoms with E-state index in [1.54, 1.807) is 24.1 Å². The highest BCUT2D eigenvalue weighted by atomic mass is 35.5. The van der Waals surface area contributed by atoms with Crippen LogP contribution in [0.5, 0.6) is 5.75 Å². The molecule has 6 heteroatoms. The molecule has 1 heterocycles. The molecule has 1 atom stereocenters. The average Bonchev–Trinajstić information content (AvgIpc) is 2.69. The number of benzene rings is 2. The standard InChI is InChI=1S/C21H23ClN2O3/c1-27-19-7-3-2-5-16(19)14-24-12-4-6-18(21(24)26)20(25)23-13-15-8-10-17(22)11-9-15/h2-3,5,7-11,18H,4,6,12-14H2,1H3,(H,23,25). The van der Waals surface area contributed by atoms with Gasteiger partial charge in [0.05, 0.1) is 7.11 Å². The quantitative estimate of drug-likeness (QED) is 0.774. The lowest BCUT2D eigenvalue weighted by atomic mass is 9.95. The molecule has 1 fully saturated rings. The van der Waals surface area contributed by atoms with Crippen molar-refractivity contribution in [2.45, 2.75) is 25.9 Å². The third-order valence-electron chi connectivity index (χ3n) is 4.78. The van der Waals surface area contributed by atoms with Crippen LogP contribution in [0.15, 0.2) is 48.5 Å². The zero-order valence-electron chi connectivity index (χ0n) is 15.3. The van der Waals surface area contributed by atoms with E-state index in [1.807, 2.05) is 36.4 Å². The summed E-state index contributed by atoms with van der Waals surface area (Å²) in [6, 6.07) is 14.9. The fourth-order valence-electron chi connectivity index (χ4n) is 3.29. The van der Waals surface area contributed by atoms with E-state index in [1.165, 1.54) is 0 Å². The molecule has 3 rings (SSSR count). The van der Waals surface area contributed by atoms with Gasteiger partial charge in [-0.3, -0.25) is 9.59 Å². The number of carbonyl (C=O) groups is 2. The van der Waals surface area contributed by atoms with Crippen molar-refractivity contribution in [1.82, 2.24) is 10.2 Å².